The first kappa shape index (κ1) is 17.3. The number of nitrogens with one attached hydrogen (secondary N) is 2. The normalized spacial score (nSPS) is 10.8. The monoisotopic (exact) mass is 395 g/mol. The summed E-state index contributed by atoms with van der Waals surface area (Å²) in [7, 11) is 0. The van der Waals surface area contributed by atoms with E-state index in [1.54, 1.807) is 0 Å². The van der Waals surface area contributed by atoms with E-state index >= 15 is 0 Å². The minimum absolute atomic E-state index is 0.254. The lowest BCUT2D eigenvalue weighted by Gasteiger charge is -2.02. The zero-order chi connectivity index (χ0) is 18.8. The van der Waals surface area contributed by atoms with Crippen LogP contribution in [-0.4, -0.2) is 24.8 Å². The lowest BCUT2D eigenvalue weighted by molar-refractivity contribution is 0.888. The quantitative estimate of drug-likeness (QED) is 0.499. The molecule has 3 aromatic heterocycles. The van der Waals surface area contributed by atoms with Crippen molar-refractivity contribution in [3.05, 3.63) is 63.7 Å². The summed E-state index contributed by atoms with van der Waals surface area (Å²) in [6, 6.07) is 11.5. The Balaban J connectivity index is 1.48. The van der Waals surface area contributed by atoms with Gasteiger partial charge in [0, 0.05) is 23.7 Å². The zero-order valence-corrected chi connectivity index (χ0v) is 15.8. The third kappa shape index (κ3) is 3.69. The van der Waals surface area contributed by atoms with Gasteiger partial charge in [-0.2, -0.15) is 5.26 Å². The van der Waals surface area contributed by atoms with Crippen LogP contribution in [0.2, 0.25) is 0 Å². The van der Waals surface area contributed by atoms with Gasteiger partial charge < -0.3 is 5.32 Å². The van der Waals surface area contributed by atoms with Gasteiger partial charge in [0.2, 0.25) is 5.13 Å². The van der Waals surface area contributed by atoms with Crippen molar-refractivity contribution in [2.24, 2.45) is 0 Å². The molecule has 3 heterocycles. The first-order valence-corrected chi connectivity index (χ1v) is 9.73. The molecule has 0 bridgehead atoms. The summed E-state index contributed by atoms with van der Waals surface area (Å²) < 4.78 is 2.02. The highest BCUT2D eigenvalue weighted by Crippen LogP contribution is 2.29. The highest BCUT2D eigenvalue weighted by molar-refractivity contribution is 8.00. The molecule has 0 saturated heterocycles. The van der Waals surface area contributed by atoms with Gasteiger partial charge in [-0.25, -0.2) is 9.50 Å². The maximum atomic E-state index is 12.1. The standard InChI is InChI=1S/C17H13N7OS2/c1-10-3-2-4-12(5-10)21-16-22-23-17(27-16)26-9-13-6-14(25)24-15(20-13)11(7-18)8-19-24/h2-6,8,19H,9H2,1H3,(H,21,22). The number of thioether (sulfide) groups is 1. The molecule has 0 aliphatic rings. The Morgan fingerprint density at radius 1 is 1.37 bits per heavy atom. The second-order valence-electron chi connectivity index (χ2n) is 5.70. The highest BCUT2D eigenvalue weighted by Gasteiger charge is 2.11. The molecule has 0 unspecified atom stereocenters. The van der Waals surface area contributed by atoms with Crippen LogP contribution in [0.25, 0.3) is 5.65 Å². The Morgan fingerprint density at radius 3 is 3.07 bits per heavy atom. The van der Waals surface area contributed by atoms with Crippen molar-refractivity contribution >= 4 is 39.6 Å². The van der Waals surface area contributed by atoms with Gasteiger partial charge in [0.15, 0.2) is 9.99 Å². The Morgan fingerprint density at radius 2 is 2.26 bits per heavy atom. The van der Waals surface area contributed by atoms with Crippen molar-refractivity contribution in [2.75, 3.05) is 5.32 Å². The molecular weight excluding hydrogens is 382 g/mol. The maximum absolute atomic E-state index is 12.1. The van der Waals surface area contributed by atoms with Crippen molar-refractivity contribution in [1.29, 1.82) is 5.26 Å². The van der Waals surface area contributed by atoms with Gasteiger partial charge in [-0.15, -0.1) is 10.2 Å². The molecule has 27 heavy (non-hydrogen) atoms. The number of hydrogen-bond acceptors (Lipinski definition) is 8. The summed E-state index contributed by atoms with van der Waals surface area (Å²) in [6.45, 7) is 2.03. The molecule has 0 spiro atoms. The third-order valence-electron chi connectivity index (χ3n) is 3.69. The van der Waals surface area contributed by atoms with E-state index < -0.39 is 0 Å². The Hall–Kier alpha value is -3.16. The van der Waals surface area contributed by atoms with E-state index in [2.05, 4.69) is 25.6 Å². The second kappa shape index (κ2) is 7.22. The van der Waals surface area contributed by atoms with Crippen LogP contribution in [0.5, 0.6) is 0 Å². The van der Waals surface area contributed by atoms with Crippen LogP contribution in [0.3, 0.4) is 0 Å². The molecule has 2 N–H and O–H groups in total. The van der Waals surface area contributed by atoms with Gasteiger partial charge in [-0.1, -0.05) is 35.2 Å². The predicted molar refractivity (Wildman–Crippen MR) is 104 cm³/mol. The number of rotatable bonds is 5. The van der Waals surface area contributed by atoms with E-state index in [1.165, 1.54) is 39.9 Å². The molecule has 4 aromatic rings. The van der Waals surface area contributed by atoms with Gasteiger partial charge >= 0.3 is 0 Å². The number of anilines is 2. The van der Waals surface area contributed by atoms with E-state index in [1.807, 2.05) is 37.3 Å². The van der Waals surface area contributed by atoms with E-state index in [-0.39, 0.29) is 5.56 Å². The van der Waals surface area contributed by atoms with E-state index in [9.17, 15) is 4.79 Å². The molecule has 0 fully saturated rings. The van der Waals surface area contributed by atoms with Gasteiger partial charge in [-0.3, -0.25) is 9.89 Å². The Kier molecular flexibility index (Phi) is 4.62. The molecule has 0 radical (unpaired) electrons. The van der Waals surface area contributed by atoms with Crippen LogP contribution >= 0.6 is 23.1 Å². The van der Waals surface area contributed by atoms with Crippen molar-refractivity contribution in [3.63, 3.8) is 0 Å². The van der Waals surface area contributed by atoms with Crippen LogP contribution in [0, 0.1) is 18.3 Å². The molecule has 8 nitrogen and oxygen atoms in total. The van der Waals surface area contributed by atoms with Crippen molar-refractivity contribution in [2.45, 2.75) is 17.0 Å². The first-order chi connectivity index (χ1) is 13.1. The van der Waals surface area contributed by atoms with Gasteiger partial charge in [0.1, 0.15) is 11.6 Å². The minimum Gasteiger partial charge on any atom is -0.330 e. The van der Waals surface area contributed by atoms with Crippen LogP contribution in [0.4, 0.5) is 10.8 Å². The zero-order valence-electron chi connectivity index (χ0n) is 14.1. The number of H-pyrrole nitrogens is 1. The van der Waals surface area contributed by atoms with Crippen molar-refractivity contribution in [3.8, 4) is 6.07 Å². The summed E-state index contributed by atoms with van der Waals surface area (Å²) in [5, 5.41) is 24.1. The average molecular weight is 395 g/mol. The number of nitrogens with zero attached hydrogens (tertiary/aromatic N) is 5. The van der Waals surface area contributed by atoms with Crippen molar-refractivity contribution < 1.29 is 0 Å². The van der Waals surface area contributed by atoms with Crippen LogP contribution in [-0.2, 0) is 5.75 Å². The largest absolute Gasteiger partial charge is 0.330 e. The predicted octanol–water partition coefficient (Wildman–Crippen LogP) is 3.09. The van der Waals surface area contributed by atoms with Crippen LogP contribution < -0.4 is 10.9 Å². The molecule has 0 amide bonds. The van der Waals surface area contributed by atoms with Gasteiger partial charge in [0.05, 0.1) is 5.69 Å². The second-order valence-corrected chi connectivity index (χ2v) is 7.90. The smallest absolute Gasteiger partial charge is 0.272 e. The summed E-state index contributed by atoms with van der Waals surface area (Å²) in [5.74, 6) is 0.459. The van der Waals surface area contributed by atoms with E-state index in [4.69, 9.17) is 5.26 Å². The van der Waals surface area contributed by atoms with Crippen LogP contribution in [0.15, 0.2) is 45.7 Å². The SMILES string of the molecule is Cc1cccc(Nc2nnc(SCc3cc(=O)n4[nH]cc(C#N)c4n3)s2)c1. The molecule has 0 aliphatic heterocycles. The lowest BCUT2D eigenvalue weighted by atomic mass is 10.2. The summed E-state index contributed by atoms with van der Waals surface area (Å²) in [5.41, 5.74) is 3.12. The molecule has 4 rings (SSSR count). The molecule has 0 aliphatic carbocycles. The third-order valence-corrected chi connectivity index (χ3v) is 5.70. The number of aromatic nitrogens is 5. The van der Waals surface area contributed by atoms with Crippen molar-refractivity contribution in [1.82, 2.24) is 24.8 Å². The molecule has 0 saturated carbocycles. The topological polar surface area (TPSA) is 112 Å². The number of fused-ring (bicyclic) bond motifs is 1. The number of benzene rings is 1. The first-order valence-electron chi connectivity index (χ1n) is 7.92. The fourth-order valence-electron chi connectivity index (χ4n) is 2.49. The fraction of sp³-hybridized carbons (Fsp3) is 0.118. The van der Waals surface area contributed by atoms with E-state index in [0.717, 1.165) is 15.6 Å². The van der Waals surface area contributed by atoms with E-state index in [0.29, 0.717) is 27.8 Å². The average Bonchev–Trinajstić information content (AvgIpc) is 3.27. The van der Waals surface area contributed by atoms with Crippen LogP contribution in [0.1, 0.15) is 16.8 Å². The molecule has 0 atom stereocenters. The fourth-order valence-corrected chi connectivity index (χ4v) is 4.15. The number of nitriles is 1. The number of aryl methyl sites for hydroxylation is 1. The molecule has 10 heteroatoms. The number of hydrogen-bond donors (Lipinski definition) is 2. The summed E-state index contributed by atoms with van der Waals surface area (Å²) in [6.07, 6.45) is 1.47. The molecule has 1 aromatic carbocycles. The lowest BCUT2D eigenvalue weighted by Crippen LogP contribution is -2.15. The maximum Gasteiger partial charge on any atom is 0.272 e. The van der Waals surface area contributed by atoms with Gasteiger partial charge in [-0.05, 0) is 24.6 Å². The summed E-state index contributed by atoms with van der Waals surface area (Å²) >= 11 is 2.87. The number of aromatic amines is 1. The molecular formula is C17H13N7OS2. The Bertz CT molecular complexity index is 1220. The highest BCUT2D eigenvalue weighted by atomic mass is 32.2. The van der Waals surface area contributed by atoms with Gasteiger partial charge in [0.25, 0.3) is 5.56 Å². The molecule has 134 valence electrons. The minimum atomic E-state index is -0.254. The Labute approximate surface area is 161 Å². The summed E-state index contributed by atoms with van der Waals surface area (Å²) in [4.78, 5) is 16.5.